The zero-order chi connectivity index (χ0) is 31.8. The van der Waals surface area contributed by atoms with Gasteiger partial charge in [-0.25, -0.2) is 15.0 Å². The first-order valence-electron chi connectivity index (χ1n) is 16.3. The van der Waals surface area contributed by atoms with Gasteiger partial charge in [0.15, 0.2) is 17.5 Å². The molecule has 6 aromatic carbocycles. The highest BCUT2D eigenvalue weighted by Crippen LogP contribution is 2.64. The predicted octanol–water partition coefficient (Wildman–Crippen LogP) is 10.5. The molecule has 3 nitrogen and oxygen atoms in total. The van der Waals surface area contributed by atoms with Gasteiger partial charge >= 0.3 is 0 Å². The number of hydrogen-bond donors (Lipinski definition) is 0. The Bertz CT molecular complexity index is 2280. The lowest BCUT2D eigenvalue weighted by molar-refractivity contribution is 0.588. The average Bonchev–Trinajstić information content (AvgIpc) is 3.59. The highest BCUT2D eigenvalue weighted by atomic mass is 15.0. The van der Waals surface area contributed by atoms with Crippen LogP contribution in [0.2, 0.25) is 0 Å². The maximum atomic E-state index is 5.18. The summed E-state index contributed by atoms with van der Waals surface area (Å²) in [6, 6.07) is 52.1. The Kier molecular flexibility index (Phi) is 5.98. The van der Waals surface area contributed by atoms with Gasteiger partial charge in [0.25, 0.3) is 0 Å². The van der Waals surface area contributed by atoms with Gasteiger partial charge in [0.2, 0.25) is 0 Å². The zero-order valence-electron chi connectivity index (χ0n) is 26.7. The minimum absolute atomic E-state index is 0.0142. The quantitative estimate of drug-likeness (QED) is 0.202. The Morgan fingerprint density at radius 2 is 0.894 bits per heavy atom. The molecule has 1 heterocycles. The molecule has 1 unspecified atom stereocenters. The van der Waals surface area contributed by atoms with Crippen LogP contribution in [0.5, 0.6) is 0 Å². The van der Waals surface area contributed by atoms with Gasteiger partial charge in [0, 0.05) is 16.7 Å². The monoisotopic (exact) mass is 603 g/mol. The van der Waals surface area contributed by atoms with Crippen molar-refractivity contribution in [1.29, 1.82) is 0 Å². The second-order valence-electron chi connectivity index (χ2n) is 13.6. The van der Waals surface area contributed by atoms with E-state index in [1.54, 1.807) is 0 Å². The summed E-state index contributed by atoms with van der Waals surface area (Å²) in [4.78, 5) is 15.3. The molecule has 224 valence electrons. The molecule has 2 aliphatic rings. The van der Waals surface area contributed by atoms with Crippen LogP contribution in [-0.2, 0) is 10.8 Å². The molecule has 0 fully saturated rings. The second-order valence-corrected chi connectivity index (χ2v) is 13.6. The van der Waals surface area contributed by atoms with Crippen molar-refractivity contribution in [3.63, 3.8) is 0 Å². The number of rotatable bonds is 3. The molecule has 1 aromatic heterocycles. The van der Waals surface area contributed by atoms with Crippen LogP contribution in [0.1, 0.15) is 48.6 Å². The smallest absolute Gasteiger partial charge is 0.164 e. The van der Waals surface area contributed by atoms with E-state index in [1.165, 1.54) is 50.1 Å². The van der Waals surface area contributed by atoms with Crippen molar-refractivity contribution in [2.24, 2.45) is 0 Å². The van der Waals surface area contributed by atoms with Gasteiger partial charge in [-0.1, -0.05) is 166 Å². The maximum Gasteiger partial charge on any atom is 0.164 e. The van der Waals surface area contributed by atoms with E-state index in [1.807, 2.05) is 36.4 Å². The van der Waals surface area contributed by atoms with Gasteiger partial charge in [-0.05, 0) is 55.5 Å². The summed E-state index contributed by atoms with van der Waals surface area (Å²) in [5.74, 6) is 2.01. The first kappa shape index (κ1) is 27.6. The molecule has 0 saturated heterocycles. The minimum Gasteiger partial charge on any atom is -0.208 e. The molecule has 0 radical (unpaired) electrons. The molecule has 7 aromatic rings. The Balaban J connectivity index is 1.37. The second kappa shape index (κ2) is 10.2. The number of aromatic nitrogens is 3. The van der Waals surface area contributed by atoms with E-state index in [-0.39, 0.29) is 5.41 Å². The topological polar surface area (TPSA) is 38.7 Å². The summed E-state index contributed by atoms with van der Waals surface area (Å²) in [5.41, 5.74) is 14.1. The van der Waals surface area contributed by atoms with Gasteiger partial charge in [-0.3, -0.25) is 0 Å². The highest BCUT2D eigenvalue weighted by Gasteiger charge is 2.52. The molecule has 0 N–H and O–H groups in total. The molecule has 2 aliphatic carbocycles. The molecule has 1 atom stereocenters. The van der Waals surface area contributed by atoms with Crippen molar-refractivity contribution >= 4 is 0 Å². The molecular formula is C44H33N3. The minimum atomic E-state index is -0.452. The fourth-order valence-electron chi connectivity index (χ4n) is 7.77. The van der Waals surface area contributed by atoms with Crippen molar-refractivity contribution < 1.29 is 0 Å². The third-order valence-electron chi connectivity index (χ3n) is 9.92. The van der Waals surface area contributed by atoms with Crippen molar-refractivity contribution in [2.45, 2.75) is 31.6 Å². The van der Waals surface area contributed by atoms with Crippen molar-refractivity contribution in [2.75, 3.05) is 0 Å². The average molecular weight is 604 g/mol. The molecule has 0 aliphatic heterocycles. The zero-order valence-corrected chi connectivity index (χ0v) is 26.7. The van der Waals surface area contributed by atoms with Gasteiger partial charge in [-0.2, -0.15) is 0 Å². The summed E-state index contributed by atoms with van der Waals surface area (Å²) in [7, 11) is 0. The van der Waals surface area contributed by atoms with Gasteiger partial charge < -0.3 is 0 Å². The van der Waals surface area contributed by atoms with Crippen molar-refractivity contribution in [1.82, 2.24) is 15.0 Å². The maximum absolute atomic E-state index is 5.18. The predicted molar refractivity (Wildman–Crippen MR) is 191 cm³/mol. The highest BCUT2D eigenvalue weighted by molar-refractivity contribution is 5.99. The van der Waals surface area contributed by atoms with Gasteiger partial charge in [0.05, 0.1) is 5.41 Å². The van der Waals surface area contributed by atoms with Crippen molar-refractivity contribution in [3.05, 3.63) is 173 Å². The Morgan fingerprint density at radius 3 is 1.53 bits per heavy atom. The number of nitrogens with zero attached hydrogens (tertiary/aromatic N) is 3. The van der Waals surface area contributed by atoms with Crippen LogP contribution in [0, 0.1) is 0 Å². The van der Waals surface area contributed by atoms with Crippen LogP contribution in [0.4, 0.5) is 0 Å². The molecule has 1 spiro atoms. The number of hydrogen-bond acceptors (Lipinski definition) is 3. The molecule has 47 heavy (non-hydrogen) atoms. The molecule has 0 amide bonds. The lowest BCUT2D eigenvalue weighted by Crippen LogP contribution is -2.26. The van der Waals surface area contributed by atoms with Crippen LogP contribution in [0.15, 0.2) is 146 Å². The molecule has 0 saturated carbocycles. The first-order chi connectivity index (χ1) is 22.9. The van der Waals surface area contributed by atoms with Crippen LogP contribution < -0.4 is 0 Å². The lowest BCUT2D eigenvalue weighted by Gasteiger charge is -2.31. The van der Waals surface area contributed by atoms with Crippen molar-refractivity contribution in [3.8, 4) is 56.4 Å². The summed E-state index contributed by atoms with van der Waals surface area (Å²) in [6.07, 6.45) is 0. The Hall–Kier alpha value is -5.67. The SMILES string of the molecule is CC(C)(C)c1ccc2c(c1)C1(c3ccccc3-2)c2ccccc2-c2c(-c3nc(-c4ccccc4)nc(-c4ccccc4)n3)cccc21. The van der Waals surface area contributed by atoms with E-state index in [9.17, 15) is 0 Å². The van der Waals surface area contributed by atoms with E-state index in [4.69, 9.17) is 15.0 Å². The Labute approximate surface area is 275 Å². The number of fused-ring (bicyclic) bond motifs is 10. The molecule has 9 rings (SSSR count). The summed E-state index contributed by atoms with van der Waals surface area (Å²) in [6.45, 7) is 6.90. The fourth-order valence-corrected chi connectivity index (χ4v) is 7.77. The number of benzene rings is 6. The van der Waals surface area contributed by atoms with E-state index >= 15 is 0 Å². The van der Waals surface area contributed by atoms with Gasteiger partial charge in [-0.15, -0.1) is 0 Å². The van der Waals surface area contributed by atoms with E-state index in [0.717, 1.165) is 16.7 Å². The van der Waals surface area contributed by atoms with Crippen LogP contribution in [0.25, 0.3) is 56.4 Å². The fraction of sp³-hybridized carbons (Fsp3) is 0.114. The third-order valence-corrected chi connectivity index (χ3v) is 9.92. The van der Waals surface area contributed by atoms with E-state index in [0.29, 0.717) is 17.5 Å². The molecular weight excluding hydrogens is 571 g/mol. The van der Waals surface area contributed by atoms with Crippen LogP contribution in [-0.4, -0.2) is 15.0 Å². The molecule has 3 heteroatoms. The normalized spacial score (nSPS) is 15.6. The third kappa shape index (κ3) is 4.03. The van der Waals surface area contributed by atoms with Crippen LogP contribution in [0.3, 0.4) is 0 Å². The Morgan fingerprint density at radius 1 is 0.404 bits per heavy atom. The lowest BCUT2D eigenvalue weighted by atomic mass is 9.69. The largest absolute Gasteiger partial charge is 0.208 e. The summed E-state index contributed by atoms with van der Waals surface area (Å²) < 4.78 is 0. The standard InChI is InChI=1S/C44H33N3/c1-43(2,3)30-25-26-32-31-19-10-12-22-35(31)44(38(32)27-30)36-23-13-11-20-33(36)39-34(21-14-24-37(39)44)42-46-40(28-15-6-4-7-16-28)45-41(47-42)29-17-8-5-9-18-29/h4-27H,1-3H3. The summed E-state index contributed by atoms with van der Waals surface area (Å²) in [5, 5.41) is 0. The van der Waals surface area contributed by atoms with E-state index < -0.39 is 5.41 Å². The van der Waals surface area contributed by atoms with Crippen LogP contribution >= 0.6 is 0 Å². The van der Waals surface area contributed by atoms with E-state index in [2.05, 4.69) is 130 Å². The van der Waals surface area contributed by atoms with Gasteiger partial charge in [0.1, 0.15) is 0 Å². The first-order valence-corrected chi connectivity index (χ1v) is 16.3. The molecule has 0 bridgehead atoms. The summed E-state index contributed by atoms with van der Waals surface area (Å²) >= 11 is 0.